The van der Waals surface area contributed by atoms with Gasteiger partial charge in [-0.25, -0.2) is 14.6 Å². The Bertz CT molecular complexity index is 720. The van der Waals surface area contributed by atoms with Crippen LogP contribution in [0.5, 0.6) is 0 Å². The SMILES string of the molecule is CCOC(=O)C1=C(CN(C)CC(=O)Nc2ccc(Br)cn2)NC(=O)NC1. The van der Waals surface area contributed by atoms with Gasteiger partial charge in [0.05, 0.1) is 25.3 Å². The first-order valence-electron chi connectivity index (χ1n) is 7.93. The molecular formula is C16H20BrN5O4. The molecule has 9 nitrogen and oxygen atoms in total. The number of rotatable bonds is 7. The van der Waals surface area contributed by atoms with Crippen LogP contribution in [0, 0.1) is 0 Å². The zero-order valence-electron chi connectivity index (χ0n) is 14.5. The first-order valence-corrected chi connectivity index (χ1v) is 8.72. The van der Waals surface area contributed by atoms with E-state index in [4.69, 9.17) is 4.74 Å². The molecule has 1 aromatic rings. The van der Waals surface area contributed by atoms with Crippen molar-refractivity contribution in [1.82, 2.24) is 20.5 Å². The number of urea groups is 1. The molecule has 0 radical (unpaired) electrons. The predicted octanol–water partition coefficient (Wildman–Crippen LogP) is 0.844. The third-order valence-electron chi connectivity index (χ3n) is 3.41. The van der Waals surface area contributed by atoms with Crippen LogP contribution < -0.4 is 16.0 Å². The molecule has 0 saturated carbocycles. The van der Waals surface area contributed by atoms with Gasteiger partial charge in [-0.3, -0.25) is 9.69 Å². The fourth-order valence-corrected chi connectivity index (χ4v) is 2.52. The molecule has 0 aliphatic carbocycles. The number of nitrogens with zero attached hydrogens (tertiary/aromatic N) is 2. The molecule has 3 amide bonds. The van der Waals surface area contributed by atoms with Crippen LogP contribution in [0.1, 0.15) is 6.92 Å². The molecule has 0 aromatic carbocycles. The highest BCUT2D eigenvalue weighted by molar-refractivity contribution is 9.10. The van der Waals surface area contributed by atoms with Gasteiger partial charge in [0.25, 0.3) is 0 Å². The quantitative estimate of drug-likeness (QED) is 0.558. The second-order valence-corrected chi connectivity index (χ2v) is 6.48. The lowest BCUT2D eigenvalue weighted by Gasteiger charge is -2.25. The fourth-order valence-electron chi connectivity index (χ4n) is 2.28. The van der Waals surface area contributed by atoms with E-state index >= 15 is 0 Å². The van der Waals surface area contributed by atoms with Gasteiger partial charge in [-0.1, -0.05) is 0 Å². The van der Waals surface area contributed by atoms with Gasteiger partial charge in [-0.2, -0.15) is 0 Å². The molecule has 26 heavy (non-hydrogen) atoms. The minimum atomic E-state index is -0.494. The minimum Gasteiger partial charge on any atom is -0.463 e. The van der Waals surface area contributed by atoms with Crippen molar-refractivity contribution in [3.8, 4) is 0 Å². The number of hydrogen-bond acceptors (Lipinski definition) is 6. The lowest BCUT2D eigenvalue weighted by atomic mass is 10.1. The molecule has 2 heterocycles. The smallest absolute Gasteiger partial charge is 0.337 e. The van der Waals surface area contributed by atoms with Crippen molar-refractivity contribution in [3.05, 3.63) is 34.1 Å². The molecule has 1 aromatic heterocycles. The second kappa shape index (κ2) is 9.30. The van der Waals surface area contributed by atoms with Gasteiger partial charge < -0.3 is 20.7 Å². The standard InChI is InChI=1S/C16H20BrN5O4/c1-3-26-15(24)11-7-19-16(25)20-12(11)8-22(2)9-14(23)21-13-5-4-10(17)6-18-13/h4-6H,3,7-9H2,1-2H3,(H,18,21,23)(H2,19,20,25). The summed E-state index contributed by atoms with van der Waals surface area (Å²) in [6.45, 7) is 2.30. The Balaban J connectivity index is 1.98. The molecular weight excluding hydrogens is 406 g/mol. The van der Waals surface area contributed by atoms with Crippen LogP contribution in [0.25, 0.3) is 0 Å². The molecule has 0 fully saturated rings. The normalized spacial score (nSPS) is 13.9. The monoisotopic (exact) mass is 425 g/mol. The summed E-state index contributed by atoms with van der Waals surface area (Å²) in [5, 5.41) is 7.82. The number of nitrogens with one attached hydrogen (secondary N) is 3. The average molecular weight is 426 g/mol. The zero-order valence-corrected chi connectivity index (χ0v) is 16.1. The van der Waals surface area contributed by atoms with Crippen molar-refractivity contribution in [2.24, 2.45) is 0 Å². The van der Waals surface area contributed by atoms with E-state index in [-0.39, 0.29) is 32.1 Å². The molecule has 140 valence electrons. The molecule has 3 N–H and O–H groups in total. The predicted molar refractivity (Wildman–Crippen MR) is 98.3 cm³/mol. The number of carbonyl (C=O) groups is 3. The van der Waals surface area contributed by atoms with Gasteiger partial charge >= 0.3 is 12.0 Å². The largest absolute Gasteiger partial charge is 0.463 e. The van der Waals surface area contributed by atoms with Gasteiger partial charge in [-0.15, -0.1) is 0 Å². The maximum Gasteiger partial charge on any atom is 0.337 e. The third-order valence-corrected chi connectivity index (χ3v) is 3.88. The van der Waals surface area contributed by atoms with Crippen LogP contribution >= 0.6 is 15.9 Å². The number of pyridine rings is 1. The summed E-state index contributed by atoms with van der Waals surface area (Å²) >= 11 is 3.27. The minimum absolute atomic E-state index is 0.0562. The number of ether oxygens (including phenoxy) is 1. The van der Waals surface area contributed by atoms with Crippen LogP contribution in [-0.4, -0.2) is 61.1 Å². The fraction of sp³-hybridized carbons (Fsp3) is 0.375. The Morgan fingerprint density at radius 3 is 2.85 bits per heavy atom. The van der Waals surface area contributed by atoms with Gasteiger partial charge in [0.15, 0.2) is 0 Å². The van der Waals surface area contributed by atoms with Crippen molar-refractivity contribution in [2.75, 3.05) is 38.6 Å². The van der Waals surface area contributed by atoms with E-state index in [1.54, 1.807) is 37.2 Å². The summed E-state index contributed by atoms with van der Waals surface area (Å²) in [7, 11) is 1.71. The zero-order chi connectivity index (χ0) is 19.1. The third kappa shape index (κ3) is 5.81. The summed E-state index contributed by atoms with van der Waals surface area (Å²) in [5.74, 6) is -0.319. The van der Waals surface area contributed by atoms with Crippen LogP contribution in [0.4, 0.5) is 10.6 Å². The number of esters is 1. The molecule has 1 aliphatic heterocycles. The Morgan fingerprint density at radius 2 is 2.19 bits per heavy atom. The number of likely N-dealkylation sites (N-methyl/N-ethyl adjacent to an activating group) is 1. The number of anilines is 1. The maximum atomic E-state index is 12.1. The highest BCUT2D eigenvalue weighted by atomic mass is 79.9. The summed E-state index contributed by atoms with van der Waals surface area (Å²) < 4.78 is 5.81. The summed E-state index contributed by atoms with van der Waals surface area (Å²) in [6, 6.07) is 3.05. The lowest BCUT2D eigenvalue weighted by Crippen LogP contribution is -2.47. The average Bonchev–Trinajstić information content (AvgIpc) is 2.57. The molecule has 1 aliphatic rings. The summed E-state index contributed by atoms with van der Waals surface area (Å²) in [4.78, 5) is 41.4. The van der Waals surface area contributed by atoms with Crippen LogP contribution in [0.3, 0.4) is 0 Å². The number of hydrogen-bond donors (Lipinski definition) is 3. The van der Waals surface area contributed by atoms with Gasteiger partial charge in [0, 0.05) is 22.9 Å². The molecule has 10 heteroatoms. The Hall–Kier alpha value is -2.46. The number of halogens is 1. The second-order valence-electron chi connectivity index (χ2n) is 5.57. The van der Waals surface area contributed by atoms with E-state index in [1.807, 2.05) is 0 Å². The molecule has 0 bridgehead atoms. The number of amides is 3. The summed E-state index contributed by atoms with van der Waals surface area (Å²) in [6.07, 6.45) is 1.58. The topological polar surface area (TPSA) is 113 Å². The van der Waals surface area contributed by atoms with Crippen LogP contribution in [0.2, 0.25) is 0 Å². The number of aromatic nitrogens is 1. The van der Waals surface area contributed by atoms with Crippen molar-refractivity contribution >= 4 is 39.7 Å². The first-order chi connectivity index (χ1) is 12.4. The van der Waals surface area contributed by atoms with Crippen molar-refractivity contribution in [2.45, 2.75) is 6.92 Å². The molecule has 2 rings (SSSR count). The van der Waals surface area contributed by atoms with E-state index in [0.29, 0.717) is 17.1 Å². The highest BCUT2D eigenvalue weighted by Crippen LogP contribution is 2.11. The Labute approximate surface area is 159 Å². The van der Waals surface area contributed by atoms with Gasteiger partial charge in [0.2, 0.25) is 5.91 Å². The summed E-state index contributed by atoms with van der Waals surface area (Å²) in [5.41, 5.74) is 0.762. The van der Waals surface area contributed by atoms with E-state index in [2.05, 4.69) is 36.9 Å². The van der Waals surface area contributed by atoms with E-state index in [9.17, 15) is 14.4 Å². The van der Waals surface area contributed by atoms with Crippen LogP contribution in [0.15, 0.2) is 34.1 Å². The van der Waals surface area contributed by atoms with E-state index in [1.165, 1.54) is 0 Å². The molecule has 0 spiro atoms. The van der Waals surface area contributed by atoms with Gasteiger partial charge in [-0.05, 0) is 42.0 Å². The van der Waals surface area contributed by atoms with Gasteiger partial charge in [0.1, 0.15) is 5.82 Å². The molecule has 0 atom stereocenters. The van der Waals surface area contributed by atoms with E-state index < -0.39 is 12.0 Å². The van der Waals surface area contributed by atoms with Crippen LogP contribution in [-0.2, 0) is 14.3 Å². The van der Waals surface area contributed by atoms with Crippen molar-refractivity contribution < 1.29 is 19.1 Å². The van der Waals surface area contributed by atoms with Crippen molar-refractivity contribution in [1.29, 1.82) is 0 Å². The molecule has 0 unspecified atom stereocenters. The van der Waals surface area contributed by atoms with E-state index in [0.717, 1.165) is 4.47 Å². The number of carbonyl (C=O) groups excluding carboxylic acids is 3. The highest BCUT2D eigenvalue weighted by Gasteiger charge is 2.24. The Kier molecular flexibility index (Phi) is 7.10. The Morgan fingerprint density at radius 1 is 1.42 bits per heavy atom. The molecule has 0 saturated heterocycles. The lowest BCUT2D eigenvalue weighted by molar-refractivity contribution is -0.138. The first kappa shape index (κ1) is 19.9. The van der Waals surface area contributed by atoms with Crippen molar-refractivity contribution in [3.63, 3.8) is 0 Å². The maximum absolute atomic E-state index is 12.1.